The lowest BCUT2D eigenvalue weighted by atomic mass is 10.1. The van der Waals surface area contributed by atoms with Gasteiger partial charge in [0.2, 0.25) is 5.91 Å². The summed E-state index contributed by atoms with van der Waals surface area (Å²) >= 11 is 0. The number of hydrogen-bond acceptors (Lipinski definition) is 4. The molecule has 2 atom stereocenters. The second-order valence-electron chi connectivity index (χ2n) is 4.26. The fourth-order valence-corrected chi connectivity index (χ4v) is 1.64. The zero-order valence-corrected chi connectivity index (χ0v) is 11.4. The fraction of sp³-hybridized carbons (Fsp3) is 0.833. The second kappa shape index (κ2) is 9.85. The zero-order valence-electron chi connectivity index (χ0n) is 11.4. The van der Waals surface area contributed by atoms with E-state index in [0.717, 1.165) is 6.54 Å². The van der Waals surface area contributed by atoms with Crippen molar-refractivity contribution in [3.8, 4) is 0 Å². The first kappa shape index (κ1) is 16.9. The summed E-state index contributed by atoms with van der Waals surface area (Å²) in [6.07, 6.45) is 1.27. The summed E-state index contributed by atoms with van der Waals surface area (Å²) in [7, 11) is 1.56. The molecule has 0 aliphatic heterocycles. The highest BCUT2D eigenvalue weighted by molar-refractivity contribution is 5.83. The number of carbonyl (C=O) groups excluding carboxylic acids is 1. The van der Waals surface area contributed by atoms with Crippen LogP contribution in [0.1, 0.15) is 33.1 Å². The van der Waals surface area contributed by atoms with Crippen LogP contribution in [0.3, 0.4) is 0 Å². The maximum absolute atomic E-state index is 11.6. The lowest BCUT2D eigenvalue weighted by Gasteiger charge is -2.16. The molecule has 0 spiro atoms. The zero-order chi connectivity index (χ0) is 14.0. The van der Waals surface area contributed by atoms with Gasteiger partial charge in [0.25, 0.3) is 0 Å². The van der Waals surface area contributed by atoms with Crippen LogP contribution in [0.4, 0.5) is 0 Å². The maximum atomic E-state index is 11.6. The molecule has 0 aliphatic carbocycles. The molecule has 2 unspecified atom stereocenters. The fourth-order valence-electron chi connectivity index (χ4n) is 1.64. The van der Waals surface area contributed by atoms with E-state index in [2.05, 4.69) is 10.6 Å². The molecule has 0 aromatic carbocycles. The normalized spacial score (nSPS) is 13.9. The van der Waals surface area contributed by atoms with E-state index in [-0.39, 0.29) is 18.4 Å². The number of carboxylic acid groups (broad SMARTS) is 1. The molecule has 0 aromatic rings. The molecule has 0 bridgehead atoms. The van der Waals surface area contributed by atoms with Crippen molar-refractivity contribution in [1.29, 1.82) is 0 Å². The average molecular weight is 260 g/mol. The van der Waals surface area contributed by atoms with Gasteiger partial charge in [0.05, 0.1) is 0 Å². The van der Waals surface area contributed by atoms with E-state index in [9.17, 15) is 9.59 Å². The van der Waals surface area contributed by atoms with Crippen LogP contribution >= 0.6 is 0 Å². The summed E-state index contributed by atoms with van der Waals surface area (Å²) in [4.78, 5) is 22.6. The Labute approximate surface area is 108 Å². The van der Waals surface area contributed by atoms with Crippen molar-refractivity contribution in [2.45, 2.75) is 45.2 Å². The number of ether oxygens (including phenoxy) is 1. The summed E-state index contributed by atoms with van der Waals surface area (Å²) < 4.78 is 4.86. The number of aliphatic carboxylic acids is 1. The van der Waals surface area contributed by atoms with Gasteiger partial charge < -0.3 is 20.5 Å². The summed E-state index contributed by atoms with van der Waals surface area (Å²) in [6.45, 7) is 5.13. The quantitative estimate of drug-likeness (QED) is 0.494. The molecule has 0 rings (SSSR count). The molecule has 106 valence electrons. The highest BCUT2D eigenvalue weighted by Crippen LogP contribution is 2.00. The van der Waals surface area contributed by atoms with Crippen molar-refractivity contribution in [2.75, 3.05) is 20.3 Å². The Balaban J connectivity index is 4.07. The molecule has 0 fully saturated rings. The first-order valence-corrected chi connectivity index (χ1v) is 6.25. The van der Waals surface area contributed by atoms with E-state index in [1.165, 1.54) is 0 Å². The second-order valence-corrected chi connectivity index (χ2v) is 4.26. The Hall–Kier alpha value is -1.14. The topological polar surface area (TPSA) is 87.7 Å². The number of rotatable bonds is 10. The minimum atomic E-state index is -1.00. The van der Waals surface area contributed by atoms with Crippen LogP contribution in [0, 0.1) is 0 Å². The van der Waals surface area contributed by atoms with Crippen molar-refractivity contribution in [1.82, 2.24) is 10.6 Å². The van der Waals surface area contributed by atoms with E-state index in [1.807, 2.05) is 13.8 Å². The monoisotopic (exact) mass is 260 g/mol. The van der Waals surface area contributed by atoms with E-state index in [4.69, 9.17) is 9.84 Å². The number of hydrogen-bond donors (Lipinski definition) is 3. The third-order valence-corrected chi connectivity index (χ3v) is 2.52. The Bertz CT molecular complexity index is 258. The molecule has 0 saturated heterocycles. The number of amides is 1. The van der Waals surface area contributed by atoms with Gasteiger partial charge >= 0.3 is 5.97 Å². The van der Waals surface area contributed by atoms with Crippen LogP contribution < -0.4 is 10.6 Å². The van der Waals surface area contributed by atoms with Crippen molar-refractivity contribution >= 4 is 11.9 Å². The first-order valence-electron chi connectivity index (χ1n) is 6.25. The van der Waals surface area contributed by atoms with Crippen LogP contribution in [-0.2, 0) is 14.3 Å². The molecular formula is C12H24N2O4. The summed E-state index contributed by atoms with van der Waals surface area (Å²) in [5.74, 6) is -1.25. The Morgan fingerprint density at radius 3 is 2.56 bits per heavy atom. The lowest BCUT2D eigenvalue weighted by Crippen LogP contribution is -2.43. The first-order chi connectivity index (χ1) is 8.51. The highest BCUT2D eigenvalue weighted by atomic mass is 16.5. The third-order valence-electron chi connectivity index (χ3n) is 2.52. The van der Waals surface area contributed by atoms with Gasteiger partial charge in [0.1, 0.15) is 6.04 Å². The average Bonchev–Trinajstić information content (AvgIpc) is 2.27. The molecule has 0 aromatic heterocycles. The summed E-state index contributed by atoms with van der Waals surface area (Å²) in [5.41, 5.74) is 0. The third kappa shape index (κ3) is 8.03. The summed E-state index contributed by atoms with van der Waals surface area (Å²) in [5, 5.41) is 14.6. The molecule has 6 heteroatoms. The molecule has 18 heavy (non-hydrogen) atoms. The molecule has 3 N–H and O–H groups in total. The SMILES string of the molecule is CCNC(C)CC(=O)NC(CCCOC)C(=O)O. The van der Waals surface area contributed by atoms with Gasteiger partial charge in [0, 0.05) is 26.2 Å². The van der Waals surface area contributed by atoms with Crippen LogP contribution in [0.5, 0.6) is 0 Å². The number of carboxylic acids is 1. The van der Waals surface area contributed by atoms with Gasteiger partial charge in [-0.3, -0.25) is 4.79 Å². The lowest BCUT2D eigenvalue weighted by molar-refractivity contribution is -0.142. The van der Waals surface area contributed by atoms with Gasteiger partial charge in [-0.25, -0.2) is 4.79 Å². The minimum Gasteiger partial charge on any atom is -0.480 e. The molecule has 0 saturated carbocycles. The molecule has 0 aliphatic rings. The Kier molecular flexibility index (Phi) is 9.22. The number of nitrogens with one attached hydrogen (secondary N) is 2. The molecule has 0 heterocycles. The van der Waals surface area contributed by atoms with Crippen LogP contribution in [0.15, 0.2) is 0 Å². The van der Waals surface area contributed by atoms with Gasteiger partial charge in [0.15, 0.2) is 0 Å². The van der Waals surface area contributed by atoms with E-state index < -0.39 is 12.0 Å². The minimum absolute atomic E-state index is 0.0448. The van der Waals surface area contributed by atoms with E-state index in [1.54, 1.807) is 7.11 Å². The standard InChI is InChI=1S/C12H24N2O4/c1-4-13-9(2)8-11(15)14-10(12(16)17)6-5-7-18-3/h9-10,13H,4-8H2,1-3H3,(H,14,15)(H,16,17). The smallest absolute Gasteiger partial charge is 0.326 e. The van der Waals surface area contributed by atoms with Crippen molar-refractivity contribution in [3.63, 3.8) is 0 Å². The van der Waals surface area contributed by atoms with E-state index >= 15 is 0 Å². The maximum Gasteiger partial charge on any atom is 0.326 e. The molecule has 6 nitrogen and oxygen atoms in total. The molecule has 0 radical (unpaired) electrons. The largest absolute Gasteiger partial charge is 0.480 e. The predicted molar refractivity (Wildman–Crippen MR) is 68.4 cm³/mol. The van der Waals surface area contributed by atoms with Gasteiger partial charge in [-0.2, -0.15) is 0 Å². The van der Waals surface area contributed by atoms with Crippen molar-refractivity contribution in [3.05, 3.63) is 0 Å². The summed E-state index contributed by atoms with van der Waals surface area (Å²) in [6, 6.07) is -0.787. The molecule has 1 amide bonds. The van der Waals surface area contributed by atoms with Gasteiger partial charge in [-0.1, -0.05) is 6.92 Å². The Morgan fingerprint density at radius 2 is 2.06 bits per heavy atom. The Morgan fingerprint density at radius 1 is 1.39 bits per heavy atom. The van der Waals surface area contributed by atoms with Crippen molar-refractivity contribution < 1.29 is 19.4 Å². The van der Waals surface area contributed by atoms with Crippen LogP contribution in [-0.4, -0.2) is 49.3 Å². The van der Waals surface area contributed by atoms with Gasteiger partial charge in [-0.05, 0) is 26.3 Å². The van der Waals surface area contributed by atoms with Crippen LogP contribution in [0.2, 0.25) is 0 Å². The number of carbonyl (C=O) groups is 2. The van der Waals surface area contributed by atoms with Crippen molar-refractivity contribution in [2.24, 2.45) is 0 Å². The van der Waals surface area contributed by atoms with E-state index in [0.29, 0.717) is 19.4 Å². The van der Waals surface area contributed by atoms with Gasteiger partial charge in [-0.15, -0.1) is 0 Å². The number of methoxy groups -OCH3 is 1. The highest BCUT2D eigenvalue weighted by Gasteiger charge is 2.20. The molecular weight excluding hydrogens is 236 g/mol. The predicted octanol–water partition coefficient (Wildman–Crippen LogP) is 0.371. The van der Waals surface area contributed by atoms with Crippen LogP contribution in [0.25, 0.3) is 0 Å².